The Bertz CT molecular complexity index is 352. The van der Waals surface area contributed by atoms with Gasteiger partial charge in [0.15, 0.2) is 0 Å². The molecule has 0 aliphatic rings. The maximum atomic E-state index is 8.64. The number of rotatable bonds is 3. The van der Waals surface area contributed by atoms with Crippen molar-refractivity contribution in [3.8, 4) is 6.07 Å². The average molecular weight is 284 g/mol. The molecular weight excluding hydrogens is 275 g/mol. The van der Waals surface area contributed by atoms with E-state index in [4.69, 9.17) is 5.26 Å². The van der Waals surface area contributed by atoms with Gasteiger partial charge in [-0.05, 0) is 40.8 Å². The van der Waals surface area contributed by atoms with Crippen LogP contribution in [0.25, 0.3) is 0 Å². The summed E-state index contributed by atoms with van der Waals surface area (Å²) in [6, 6.07) is 7.66. The van der Waals surface area contributed by atoms with Gasteiger partial charge in [0, 0.05) is 15.8 Å². The number of anilines is 1. The van der Waals surface area contributed by atoms with Crippen LogP contribution in [0.3, 0.4) is 0 Å². The zero-order chi connectivity index (χ0) is 9.68. The van der Waals surface area contributed by atoms with Crippen LogP contribution in [0, 0.1) is 14.9 Å². The second-order valence-electron chi connectivity index (χ2n) is 2.48. The van der Waals surface area contributed by atoms with Crippen LogP contribution in [0.15, 0.2) is 30.9 Å². The standard InChI is InChI=1S/C10H9IN2/c1-2-5-13-10-4-3-8(7-12)6-9(10)11/h2-4,6,13H,1,5H2. The molecule has 1 N–H and O–H groups in total. The summed E-state index contributed by atoms with van der Waals surface area (Å²) in [5, 5.41) is 11.8. The van der Waals surface area contributed by atoms with E-state index in [9.17, 15) is 0 Å². The van der Waals surface area contributed by atoms with Gasteiger partial charge in [-0.15, -0.1) is 6.58 Å². The molecule has 0 fully saturated rings. The van der Waals surface area contributed by atoms with Gasteiger partial charge in [0.1, 0.15) is 0 Å². The predicted octanol–water partition coefficient (Wildman–Crippen LogP) is 2.76. The van der Waals surface area contributed by atoms with Crippen molar-refractivity contribution in [1.29, 1.82) is 5.26 Å². The lowest BCUT2D eigenvalue weighted by molar-refractivity contribution is 1.33. The minimum Gasteiger partial charge on any atom is -0.381 e. The Labute approximate surface area is 91.4 Å². The van der Waals surface area contributed by atoms with Crippen LogP contribution in [0.2, 0.25) is 0 Å². The molecule has 13 heavy (non-hydrogen) atoms. The molecule has 3 heteroatoms. The molecule has 0 saturated heterocycles. The van der Waals surface area contributed by atoms with E-state index >= 15 is 0 Å². The Hall–Kier alpha value is -1.02. The van der Waals surface area contributed by atoms with Gasteiger partial charge in [0.25, 0.3) is 0 Å². The van der Waals surface area contributed by atoms with Crippen LogP contribution in [0.4, 0.5) is 5.69 Å². The second-order valence-corrected chi connectivity index (χ2v) is 3.64. The van der Waals surface area contributed by atoms with Crippen molar-refractivity contribution in [1.82, 2.24) is 0 Å². The average Bonchev–Trinajstić information content (AvgIpc) is 2.16. The summed E-state index contributed by atoms with van der Waals surface area (Å²) in [5.41, 5.74) is 1.73. The quantitative estimate of drug-likeness (QED) is 0.684. The van der Waals surface area contributed by atoms with E-state index in [-0.39, 0.29) is 0 Å². The lowest BCUT2D eigenvalue weighted by Gasteiger charge is -2.05. The fraction of sp³-hybridized carbons (Fsp3) is 0.100. The summed E-state index contributed by atoms with van der Waals surface area (Å²) >= 11 is 2.20. The first-order chi connectivity index (χ1) is 6.27. The summed E-state index contributed by atoms with van der Waals surface area (Å²) < 4.78 is 1.05. The molecule has 0 aromatic heterocycles. The topological polar surface area (TPSA) is 35.8 Å². The van der Waals surface area contributed by atoms with E-state index < -0.39 is 0 Å². The van der Waals surface area contributed by atoms with E-state index in [1.165, 1.54) is 0 Å². The Morgan fingerprint density at radius 3 is 2.92 bits per heavy atom. The minimum atomic E-state index is 0.688. The van der Waals surface area contributed by atoms with Crippen molar-refractivity contribution in [3.63, 3.8) is 0 Å². The van der Waals surface area contributed by atoms with Crippen molar-refractivity contribution < 1.29 is 0 Å². The third-order valence-corrected chi connectivity index (χ3v) is 2.43. The molecule has 0 aliphatic carbocycles. The Morgan fingerprint density at radius 1 is 1.62 bits per heavy atom. The normalized spacial score (nSPS) is 8.92. The molecule has 0 bridgehead atoms. The van der Waals surface area contributed by atoms with Crippen molar-refractivity contribution in [2.24, 2.45) is 0 Å². The van der Waals surface area contributed by atoms with E-state index in [0.29, 0.717) is 5.56 Å². The predicted molar refractivity (Wildman–Crippen MR) is 62.6 cm³/mol. The van der Waals surface area contributed by atoms with Gasteiger partial charge in [-0.2, -0.15) is 5.26 Å². The Morgan fingerprint density at radius 2 is 2.38 bits per heavy atom. The Balaban J connectivity index is 2.86. The number of nitrogens with one attached hydrogen (secondary N) is 1. The smallest absolute Gasteiger partial charge is 0.0992 e. The first-order valence-electron chi connectivity index (χ1n) is 3.82. The van der Waals surface area contributed by atoms with Gasteiger partial charge in [0.05, 0.1) is 11.6 Å². The van der Waals surface area contributed by atoms with Gasteiger partial charge in [-0.1, -0.05) is 6.08 Å². The lowest BCUT2D eigenvalue weighted by Crippen LogP contribution is -1.99. The number of nitriles is 1. The molecule has 1 aromatic carbocycles. The van der Waals surface area contributed by atoms with Gasteiger partial charge >= 0.3 is 0 Å². The van der Waals surface area contributed by atoms with Gasteiger partial charge in [0.2, 0.25) is 0 Å². The molecule has 66 valence electrons. The first-order valence-corrected chi connectivity index (χ1v) is 4.90. The molecule has 0 heterocycles. The molecule has 0 spiro atoms. The van der Waals surface area contributed by atoms with Crippen LogP contribution in [-0.2, 0) is 0 Å². The number of benzene rings is 1. The highest BCUT2D eigenvalue weighted by Gasteiger charge is 1.98. The van der Waals surface area contributed by atoms with Gasteiger partial charge in [-0.3, -0.25) is 0 Å². The number of hydrogen-bond acceptors (Lipinski definition) is 2. The molecular formula is C10H9IN2. The molecule has 1 rings (SSSR count). The molecule has 0 radical (unpaired) electrons. The Kier molecular flexibility index (Phi) is 3.77. The van der Waals surface area contributed by atoms with Crippen molar-refractivity contribution in [3.05, 3.63) is 40.0 Å². The summed E-state index contributed by atoms with van der Waals surface area (Å²) in [6.45, 7) is 4.36. The number of hydrogen-bond donors (Lipinski definition) is 1. The highest BCUT2D eigenvalue weighted by Crippen LogP contribution is 2.18. The molecule has 0 saturated carbocycles. The maximum Gasteiger partial charge on any atom is 0.0992 e. The molecule has 2 nitrogen and oxygen atoms in total. The SMILES string of the molecule is C=CCNc1ccc(C#N)cc1I. The van der Waals surface area contributed by atoms with E-state index in [1.54, 1.807) is 12.1 Å². The fourth-order valence-corrected chi connectivity index (χ4v) is 1.62. The summed E-state index contributed by atoms with van der Waals surface area (Å²) in [5.74, 6) is 0. The second kappa shape index (κ2) is 4.87. The van der Waals surface area contributed by atoms with Gasteiger partial charge < -0.3 is 5.32 Å². The molecule has 0 aliphatic heterocycles. The molecule has 0 amide bonds. The minimum absolute atomic E-state index is 0.688. The van der Waals surface area contributed by atoms with Crippen LogP contribution in [0.5, 0.6) is 0 Å². The number of halogens is 1. The number of nitrogens with zero attached hydrogens (tertiary/aromatic N) is 1. The van der Waals surface area contributed by atoms with Crippen LogP contribution in [-0.4, -0.2) is 6.54 Å². The third-order valence-electron chi connectivity index (χ3n) is 1.54. The summed E-state index contributed by atoms with van der Waals surface area (Å²) in [6.07, 6.45) is 1.80. The van der Waals surface area contributed by atoms with E-state index in [2.05, 4.69) is 40.6 Å². The lowest BCUT2D eigenvalue weighted by atomic mass is 10.2. The van der Waals surface area contributed by atoms with E-state index in [0.717, 1.165) is 15.8 Å². The summed E-state index contributed by atoms with van der Waals surface area (Å²) in [7, 11) is 0. The van der Waals surface area contributed by atoms with Crippen molar-refractivity contribution in [2.45, 2.75) is 0 Å². The highest BCUT2D eigenvalue weighted by molar-refractivity contribution is 14.1. The molecule has 1 aromatic rings. The fourth-order valence-electron chi connectivity index (χ4n) is 0.910. The summed E-state index contributed by atoms with van der Waals surface area (Å²) in [4.78, 5) is 0. The van der Waals surface area contributed by atoms with Crippen LogP contribution < -0.4 is 5.32 Å². The zero-order valence-corrected chi connectivity index (χ0v) is 9.21. The third kappa shape index (κ3) is 2.74. The zero-order valence-electron chi connectivity index (χ0n) is 7.05. The van der Waals surface area contributed by atoms with Crippen LogP contribution in [0.1, 0.15) is 5.56 Å². The molecule has 0 atom stereocenters. The molecule has 0 unspecified atom stereocenters. The van der Waals surface area contributed by atoms with Crippen molar-refractivity contribution >= 4 is 28.3 Å². The van der Waals surface area contributed by atoms with Crippen molar-refractivity contribution in [2.75, 3.05) is 11.9 Å². The largest absolute Gasteiger partial charge is 0.381 e. The van der Waals surface area contributed by atoms with Gasteiger partial charge in [-0.25, -0.2) is 0 Å². The van der Waals surface area contributed by atoms with E-state index in [1.807, 2.05) is 12.1 Å². The van der Waals surface area contributed by atoms with Crippen LogP contribution >= 0.6 is 22.6 Å². The highest BCUT2D eigenvalue weighted by atomic mass is 127. The maximum absolute atomic E-state index is 8.64. The monoisotopic (exact) mass is 284 g/mol. The first kappa shape index (κ1) is 10.1.